The molecule has 2 aromatic heterocycles. The van der Waals surface area contributed by atoms with Gasteiger partial charge in [-0.05, 0) is 47.7 Å². The second kappa shape index (κ2) is 12.4. The van der Waals surface area contributed by atoms with Crippen LogP contribution in [-0.2, 0) is 15.3 Å². The highest BCUT2D eigenvalue weighted by atomic mass is 32.2. The number of aliphatic hydroxyl groups is 1. The van der Waals surface area contributed by atoms with Crippen molar-refractivity contribution < 1.29 is 19.4 Å². The molecule has 2 aromatic carbocycles. The molecule has 204 valence electrons. The Morgan fingerprint density at radius 3 is 2.58 bits per heavy atom. The topological polar surface area (TPSA) is 106 Å². The Morgan fingerprint density at radius 2 is 1.82 bits per heavy atom. The number of amides is 1. The summed E-state index contributed by atoms with van der Waals surface area (Å²) in [5.74, 6) is -0.0506. The van der Waals surface area contributed by atoms with E-state index in [1.165, 1.54) is 40.4 Å². The van der Waals surface area contributed by atoms with Gasteiger partial charge in [0.1, 0.15) is 11.5 Å². The van der Waals surface area contributed by atoms with Crippen LogP contribution in [-0.4, -0.2) is 38.6 Å². The molecule has 1 unspecified atom stereocenters. The first-order chi connectivity index (χ1) is 19.4. The fourth-order valence-corrected chi connectivity index (χ4v) is 6.10. The molecule has 1 fully saturated rings. The number of carbonyl (C=O) groups excluding carboxylic acids is 2. The van der Waals surface area contributed by atoms with E-state index in [2.05, 4.69) is 29.0 Å². The lowest BCUT2D eigenvalue weighted by Gasteiger charge is -2.23. The summed E-state index contributed by atoms with van der Waals surface area (Å²) < 4.78 is 6.63. The van der Waals surface area contributed by atoms with Crippen LogP contribution in [0.4, 0.5) is 5.13 Å². The average molecular weight is 573 g/mol. The molecule has 4 aromatic rings. The molecule has 1 N–H and O–H groups in total. The van der Waals surface area contributed by atoms with E-state index < -0.39 is 17.7 Å². The van der Waals surface area contributed by atoms with E-state index in [1.807, 2.05) is 48.5 Å². The summed E-state index contributed by atoms with van der Waals surface area (Å²) in [6.07, 6.45) is 3.92. The second-order valence-corrected chi connectivity index (χ2v) is 11.8. The molecule has 1 amide bonds. The van der Waals surface area contributed by atoms with Crippen LogP contribution in [0.3, 0.4) is 0 Å². The minimum atomic E-state index is -0.915. The fourth-order valence-electron chi connectivity index (χ4n) is 4.27. The zero-order chi connectivity index (χ0) is 28.1. The summed E-state index contributed by atoms with van der Waals surface area (Å²) in [6.45, 7) is 4.79. The minimum absolute atomic E-state index is 0.0239. The molecular formula is C30H28N4O4S2. The van der Waals surface area contributed by atoms with Crippen LogP contribution in [0.1, 0.15) is 43.0 Å². The molecule has 1 aliphatic rings. The molecule has 1 aliphatic heterocycles. The smallest absolute Gasteiger partial charge is 0.301 e. The summed E-state index contributed by atoms with van der Waals surface area (Å²) in [4.78, 5) is 32.2. The van der Waals surface area contributed by atoms with Gasteiger partial charge in [0, 0.05) is 23.7 Å². The van der Waals surface area contributed by atoms with E-state index >= 15 is 0 Å². The van der Waals surface area contributed by atoms with Crippen molar-refractivity contribution in [2.75, 3.05) is 11.5 Å². The van der Waals surface area contributed by atoms with Gasteiger partial charge in [0.05, 0.1) is 18.2 Å². The third-order valence-electron chi connectivity index (χ3n) is 6.34. The number of hydrogen-bond acceptors (Lipinski definition) is 9. The largest absolute Gasteiger partial charge is 0.507 e. The zero-order valence-electron chi connectivity index (χ0n) is 22.1. The number of nitrogens with zero attached hydrogens (tertiary/aromatic N) is 4. The fraction of sp³-hybridized carbons (Fsp3) is 0.233. The zero-order valence-corrected chi connectivity index (χ0v) is 23.7. The van der Waals surface area contributed by atoms with Crippen molar-refractivity contribution in [3.05, 3.63) is 101 Å². The van der Waals surface area contributed by atoms with Crippen molar-refractivity contribution >= 4 is 45.7 Å². The Morgan fingerprint density at radius 1 is 1.05 bits per heavy atom. The number of benzene rings is 2. The number of ether oxygens (including phenoxy) is 1. The van der Waals surface area contributed by atoms with Crippen LogP contribution >= 0.6 is 23.1 Å². The number of thioether (sulfide) groups is 1. The van der Waals surface area contributed by atoms with Gasteiger partial charge < -0.3 is 9.84 Å². The van der Waals surface area contributed by atoms with Crippen LogP contribution in [0.25, 0.3) is 5.76 Å². The first-order valence-electron chi connectivity index (χ1n) is 12.9. The number of Topliss-reactive ketones (excluding diaryl/α,β-unsaturated/α-hetero) is 1. The van der Waals surface area contributed by atoms with E-state index in [-0.39, 0.29) is 16.5 Å². The Bertz CT molecular complexity index is 1520. The summed E-state index contributed by atoms with van der Waals surface area (Å²) in [5.41, 5.74) is 2.12. The third kappa shape index (κ3) is 6.08. The first kappa shape index (κ1) is 27.5. The van der Waals surface area contributed by atoms with Crippen LogP contribution in [0.5, 0.6) is 5.75 Å². The van der Waals surface area contributed by atoms with Crippen molar-refractivity contribution in [2.24, 2.45) is 5.92 Å². The number of ketones is 1. The van der Waals surface area contributed by atoms with E-state index in [4.69, 9.17) is 4.74 Å². The summed E-state index contributed by atoms with van der Waals surface area (Å²) in [6, 6.07) is 19.5. The van der Waals surface area contributed by atoms with Gasteiger partial charge in [0.15, 0.2) is 4.34 Å². The minimum Gasteiger partial charge on any atom is -0.507 e. The third-order valence-corrected chi connectivity index (χ3v) is 8.47. The van der Waals surface area contributed by atoms with Gasteiger partial charge in [0.2, 0.25) is 5.13 Å². The molecule has 0 radical (unpaired) electrons. The highest BCUT2D eigenvalue weighted by Crippen LogP contribution is 2.44. The molecule has 1 saturated heterocycles. The van der Waals surface area contributed by atoms with E-state index in [0.29, 0.717) is 39.5 Å². The number of carbonyl (C=O) groups is 2. The van der Waals surface area contributed by atoms with Crippen LogP contribution in [0.15, 0.2) is 89.0 Å². The lowest BCUT2D eigenvalue weighted by molar-refractivity contribution is -0.132. The van der Waals surface area contributed by atoms with Crippen molar-refractivity contribution in [3.8, 4) is 5.75 Å². The molecule has 1 atom stereocenters. The quantitative estimate of drug-likeness (QED) is 0.0779. The van der Waals surface area contributed by atoms with E-state index in [9.17, 15) is 14.7 Å². The standard InChI is InChI=1S/C30H28N4O4S2/c1-19(2)13-16-38-23-10-6-9-22(17-23)25-24(26(35)21-11-14-31-15-12-21)27(36)28(37)34(25)29-32-33-30(40-29)39-18-20-7-4-3-5-8-20/h3-12,14-15,17,19,25,35H,13,16,18H2,1-2H3/b26-24+. The second-order valence-electron chi connectivity index (χ2n) is 9.63. The Kier molecular flexibility index (Phi) is 8.57. The molecule has 10 heteroatoms. The Labute approximate surface area is 240 Å². The molecule has 0 saturated carbocycles. The van der Waals surface area contributed by atoms with Crippen molar-refractivity contribution in [1.29, 1.82) is 0 Å². The van der Waals surface area contributed by atoms with Gasteiger partial charge in [-0.1, -0.05) is 79.4 Å². The summed E-state index contributed by atoms with van der Waals surface area (Å²) >= 11 is 2.74. The van der Waals surface area contributed by atoms with Crippen molar-refractivity contribution in [1.82, 2.24) is 15.2 Å². The Balaban J connectivity index is 1.52. The molecule has 3 heterocycles. The SMILES string of the molecule is CC(C)CCOc1cccc(C2/C(=C(\O)c3ccncc3)C(=O)C(=O)N2c2nnc(SCc3ccccc3)s2)c1. The van der Waals surface area contributed by atoms with Crippen LogP contribution < -0.4 is 9.64 Å². The predicted octanol–water partition coefficient (Wildman–Crippen LogP) is 6.28. The van der Waals surface area contributed by atoms with Gasteiger partial charge in [0.25, 0.3) is 5.78 Å². The molecule has 8 nitrogen and oxygen atoms in total. The first-order valence-corrected chi connectivity index (χ1v) is 14.7. The maximum Gasteiger partial charge on any atom is 0.301 e. The lowest BCUT2D eigenvalue weighted by atomic mass is 9.95. The number of pyridine rings is 1. The summed E-state index contributed by atoms with van der Waals surface area (Å²) in [7, 11) is 0. The predicted molar refractivity (Wildman–Crippen MR) is 156 cm³/mol. The highest BCUT2D eigenvalue weighted by Gasteiger charge is 2.48. The molecule has 0 bridgehead atoms. The van der Waals surface area contributed by atoms with Gasteiger partial charge in [-0.15, -0.1) is 10.2 Å². The van der Waals surface area contributed by atoms with Gasteiger partial charge in [-0.25, -0.2) is 0 Å². The van der Waals surface area contributed by atoms with Gasteiger partial charge in [-0.2, -0.15) is 0 Å². The lowest BCUT2D eigenvalue weighted by Crippen LogP contribution is -2.29. The van der Waals surface area contributed by atoms with Crippen molar-refractivity contribution in [3.63, 3.8) is 0 Å². The van der Waals surface area contributed by atoms with Gasteiger partial charge in [-0.3, -0.25) is 19.5 Å². The molecular weight excluding hydrogens is 544 g/mol. The normalized spacial score (nSPS) is 16.6. The number of aliphatic hydroxyl groups excluding tert-OH is 1. The number of aromatic nitrogens is 3. The van der Waals surface area contributed by atoms with Crippen LogP contribution in [0.2, 0.25) is 0 Å². The van der Waals surface area contributed by atoms with E-state index in [1.54, 1.807) is 18.2 Å². The highest BCUT2D eigenvalue weighted by molar-refractivity contribution is 8.00. The molecule has 5 rings (SSSR count). The number of rotatable bonds is 10. The monoisotopic (exact) mass is 572 g/mol. The van der Waals surface area contributed by atoms with Gasteiger partial charge >= 0.3 is 5.91 Å². The average Bonchev–Trinajstić information content (AvgIpc) is 3.54. The maximum absolute atomic E-state index is 13.5. The maximum atomic E-state index is 13.5. The van der Waals surface area contributed by atoms with E-state index in [0.717, 1.165) is 12.0 Å². The van der Waals surface area contributed by atoms with Crippen molar-refractivity contribution in [2.45, 2.75) is 36.4 Å². The number of anilines is 1. The molecule has 0 aliphatic carbocycles. The number of hydrogen-bond donors (Lipinski definition) is 1. The molecule has 40 heavy (non-hydrogen) atoms. The molecule has 0 spiro atoms. The van der Waals surface area contributed by atoms with Crippen LogP contribution in [0, 0.1) is 5.92 Å². The Hall–Kier alpha value is -4.02. The summed E-state index contributed by atoms with van der Waals surface area (Å²) in [5, 5.41) is 20.1.